The topological polar surface area (TPSA) is 49.6 Å². The number of amides is 1. The zero-order chi connectivity index (χ0) is 13.4. The lowest BCUT2D eigenvalue weighted by Crippen LogP contribution is -2.52. The van der Waals surface area contributed by atoms with Crippen LogP contribution in [0.25, 0.3) is 0 Å². The molecule has 0 aromatic heterocycles. The van der Waals surface area contributed by atoms with Crippen LogP contribution in [0.2, 0.25) is 5.02 Å². The van der Waals surface area contributed by atoms with Crippen LogP contribution in [0, 0.1) is 0 Å². The molecule has 2 heterocycles. The first-order valence-electron chi connectivity index (χ1n) is 6.73. The molecule has 0 radical (unpaired) electrons. The van der Waals surface area contributed by atoms with E-state index in [1.165, 1.54) is 19.4 Å². The molecule has 0 aliphatic carbocycles. The van der Waals surface area contributed by atoms with Gasteiger partial charge in [0.05, 0.1) is 10.7 Å². The highest BCUT2D eigenvalue weighted by Crippen LogP contribution is 2.24. The number of carbonyl (C=O) groups excluding carboxylic acids is 1. The minimum Gasteiger partial charge on any atom is -0.398 e. The van der Waals surface area contributed by atoms with Crippen molar-refractivity contribution in [2.45, 2.75) is 18.9 Å². The largest absolute Gasteiger partial charge is 0.398 e. The molecule has 2 saturated heterocycles. The van der Waals surface area contributed by atoms with Crippen LogP contribution in [0.3, 0.4) is 0 Å². The third-order valence-corrected chi connectivity index (χ3v) is 4.46. The number of hydrogen-bond donors (Lipinski definition) is 1. The third kappa shape index (κ3) is 2.42. The van der Waals surface area contributed by atoms with Crippen LogP contribution in [0.15, 0.2) is 18.2 Å². The van der Waals surface area contributed by atoms with E-state index in [0.29, 0.717) is 22.3 Å². The molecule has 1 aromatic carbocycles. The molecular weight excluding hydrogens is 262 g/mol. The fourth-order valence-electron chi connectivity index (χ4n) is 3.03. The number of fused-ring (bicyclic) bond motifs is 1. The van der Waals surface area contributed by atoms with Gasteiger partial charge in [0, 0.05) is 31.2 Å². The standard InChI is InChI=1S/C14H18ClN3O/c15-12-4-3-10(8-13(12)16)14(19)18-7-6-17-5-1-2-11(17)9-18/h3-4,8,11H,1-2,5-7,9,16H2. The lowest BCUT2D eigenvalue weighted by molar-refractivity contribution is 0.0571. The van der Waals surface area contributed by atoms with E-state index < -0.39 is 0 Å². The summed E-state index contributed by atoms with van der Waals surface area (Å²) < 4.78 is 0. The summed E-state index contributed by atoms with van der Waals surface area (Å²) in [5.74, 6) is 0.0647. The number of halogens is 1. The molecule has 5 heteroatoms. The quantitative estimate of drug-likeness (QED) is 0.798. The number of hydrogen-bond acceptors (Lipinski definition) is 3. The molecule has 1 atom stereocenters. The van der Waals surface area contributed by atoms with Crippen LogP contribution >= 0.6 is 11.6 Å². The Morgan fingerprint density at radius 3 is 2.95 bits per heavy atom. The highest BCUT2D eigenvalue weighted by atomic mass is 35.5. The van der Waals surface area contributed by atoms with E-state index in [4.69, 9.17) is 17.3 Å². The van der Waals surface area contributed by atoms with E-state index >= 15 is 0 Å². The molecule has 1 aromatic rings. The Morgan fingerprint density at radius 1 is 1.32 bits per heavy atom. The van der Waals surface area contributed by atoms with Crippen molar-refractivity contribution in [3.05, 3.63) is 28.8 Å². The van der Waals surface area contributed by atoms with Gasteiger partial charge in [-0.25, -0.2) is 0 Å². The van der Waals surface area contributed by atoms with Crippen molar-refractivity contribution in [3.63, 3.8) is 0 Å². The van der Waals surface area contributed by atoms with Gasteiger partial charge in [-0.15, -0.1) is 0 Å². The molecule has 4 nitrogen and oxygen atoms in total. The van der Waals surface area contributed by atoms with Crippen molar-refractivity contribution in [1.29, 1.82) is 0 Å². The van der Waals surface area contributed by atoms with Crippen LogP contribution in [0.1, 0.15) is 23.2 Å². The maximum absolute atomic E-state index is 12.5. The van der Waals surface area contributed by atoms with Crippen LogP contribution in [0.4, 0.5) is 5.69 Å². The Bertz CT molecular complexity index is 505. The SMILES string of the molecule is Nc1cc(C(=O)N2CCN3CCCC3C2)ccc1Cl. The molecular formula is C14H18ClN3O. The van der Waals surface area contributed by atoms with Crippen LogP contribution in [-0.4, -0.2) is 47.9 Å². The summed E-state index contributed by atoms with van der Waals surface area (Å²) in [6.45, 7) is 3.80. The predicted octanol–water partition coefficient (Wildman–Crippen LogP) is 1.84. The maximum atomic E-state index is 12.5. The molecule has 1 amide bonds. The predicted molar refractivity (Wildman–Crippen MR) is 76.4 cm³/mol. The van der Waals surface area contributed by atoms with Gasteiger partial charge in [0.15, 0.2) is 0 Å². The smallest absolute Gasteiger partial charge is 0.254 e. The van der Waals surface area contributed by atoms with Crippen LogP contribution in [-0.2, 0) is 0 Å². The number of nitrogens with two attached hydrogens (primary N) is 1. The van der Waals surface area contributed by atoms with E-state index in [9.17, 15) is 4.79 Å². The van der Waals surface area contributed by atoms with Gasteiger partial charge >= 0.3 is 0 Å². The van der Waals surface area contributed by atoms with E-state index in [0.717, 1.165) is 19.6 Å². The zero-order valence-corrected chi connectivity index (χ0v) is 11.6. The number of carbonyl (C=O) groups is 1. The van der Waals surface area contributed by atoms with Crippen molar-refractivity contribution in [2.75, 3.05) is 31.9 Å². The van der Waals surface area contributed by atoms with Gasteiger partial charge in [0.25, 0.3) is 5.91 Å². The molecule has 2 fully saturated rings. The van der Waals surface area contributed by atoms with Crippen molar-refractivity contribution < 1.29 is 4.79 Å². The van der Waals surface area contributed by atoms with E-state index in [-0.39, 0.29) is 5.91 Å². The highest BCUT2D eigenvalue weighted by molar-refractivity contribution is 6.33. The second kappa shape index (κ2) is 5.02. The summed E-state index contributed by atoms with van der Waals surface area (Å²) in [5, 5.41) is 0.497. The molecule has 2 aliphatic rings. The van der Waals surface area contributed by atoms with E-state index in [2.05, 4.69) is 4.90 Å². The summed E-state index contributed by atoms with van der Waals surface area (Å²) in [4.78, 5) is 16.9. The Morgan fingerprint density at radius 2 is 2.16 bits per heavy atom. The number of piperazine rings is 1. The van der Waals surface area contributed by atoms with Gasteiger partial charge in [0.1, 0.15) is 0 Å². The lowest BCUT2D eigenvalue weighted by Gasteiger charge is -2.37. The molecule has 0 saturated carbocycles. The Labute approximate surface area is 118 Å². The van der Waals surface area contributed by atoms with Gasteiger partial charge in [0.2, 0.25) is 0 Å². The van der Waals surface area contributed by atoms with Gasteiger partial charge < -0.3 is 10.6 Å². The second-order valence-corrected chi connectivity index (χ2v) is 5.73. The second-order valence-electron chi connectivity index (χ2n) is 5.32. The van der Waals surface area contributed by atoms with Gasteiger partial charge in [-0.2, -0.15) is 0 Å². The Hall–Kier alpha value is -1.26. The number of nitrogens with zero attached hydrogens (tertiary/aromatic N) is 2. The minimum absolute atomic E-state index is 0.0647. The van der Waals surface area contributed by atoms with Gasteiger partial charge in [-0.3, -0.25) is 9.69 Å². The lowest BCUT2D eigenvalue weighted by atomic mass is 10.1. The zero-order valence-electron chi connectivity index (χ0n) is 10.8. The third-order valence-electron chi connectivity index (χ3n) is 4.12. The van der Waals surface area contributed by atoms with Gasteiger partial charge in [-0.1, -0.05) is 11.6 Å². The summed E-state index contributed by atoms with van der Waals surface area (Å²) in [6.07, 6.45) is 2.45. The normalized spacial score (nSPS) is 23.4. The summed E-state index contributed by atoms with van der Waals surface area (Å²) in [7, 11) is 0. The highest BCUT2D eigenvalue weighted by Gasteiger charge is 2.32. The molecule has 2 aliphatic heterocycles. The number of anilines is 1. The van der Waals surface area contributed by atoms with E-state index in [1.54, 1.807) is 18.2 Å². The van der Waals surface area contributed by atoms with Crippen molar-refractivity contribution in [1.82, 2.24) is 9.80 Å². The van der Waals surface area contributed by atoms with Crippen molar-refractivity contribution in [3.8, 4) is 0 Å². The fraction of sp³-hybridized carbons (Fsp3) is 0.500. The molecule has 2 N–H and O–H groups in total. The maximum Gasteiger partial charge on any atom is 0.254 e. The molecule has 3 rings (SSSR count). The van der Waals surface area contributed by atoms with Crippen molar-refractivity contribution >= 4 is 23.2 Å². The van der Waals surface area contributed by atoms with Gasteiger partial charge in [-0.05, 0) is 37.6 Å². The average molecular weight is 280 g/mol. The summed E-state index contributed by atoms with van der Waals surface area (Å²) >= 11 is 5.89. The molecule has 0 spiro atoms. The molecule has 1 unspecified atom stereocenters. The van der Waals surface area contributed by atoms with Crippen LogP contribution in [0.5, 0.6) is 0 Å². The first-order chi connectivity index (χ1) is 9.15. The Kier molecular flexibility index (Phi) is 3.37. The molecule has 102 valence electrons. The number of nitrogen functional groups attached to an aromatic ring is 1. The fourth-order valence-corrected chi connectivity index (χ4v) is 3.15. The first-order valence-corrected chi connectivity index (χ1v) is 7.11. The van der Waals surface area contributed by atoms with E-state index in [1.807, 2.05) is 4.90 Å². The van der Waals surface area contributed by atoms with Crippen molar-refractivity contribution in [2.24, 2.45) is 0 Å². The first kappa shape index (κ1) is 12.8. The minimum atomic E-state index is 0.0647. The number of benzene rings is 1. The molecule has 19 heavy (non-hydrogen) atoms. The van der Waals surface area contributed by atoms with Crippen LogP contribution < -0.4 is 5.73 Å². The summed E-state index contributed by atoms with van der Waals surface area (Å²) in [5.41, 5.74) is 6.86. The Balaban J connectivity index is 1.74. The summed E-state index contributed by atoms with van der Waals surface area (Å²) in [6, 6.07) is 5.66. The monoisotopic (exact) mass is 279 g/mol. The average Bonchev–Trinajstić information content (AvgIpc) is 2.88. The molecule has 0 bridgehead atoms. The number of rotatable bonds is 1.